The van der Waals surface area contributed by atoms with Gasteiger partial charge in [-0.1, -0.05) is 0 Å². The highest BCUT2D eigenvalue weighted by Crippen LogP contribution is 2.34. The third-order valence-corrected chi connectivity index (χ3v) is 8.54. The maximum Gasteiger partial charge on any atom is 0.301 e. The lowest BCUT2D eigenvalue weighted by Crippen LogP contribution is -2.57. The third-order valence-electron chi connectivity index (χ3n) is 8.54. The smallest absolute Gasteiger partial charge is 0.301 e. The standard InChI is InChI=1S/C32H35F2N7O5/c33-32(34)20-41(31(44)26(43)17-42)10-8-28(32)46-27-6-1-21(15-22(27)16-35)30-36-9-7-29(38-30)37-23-2-4-24(5-3-23)39-11-13-40(14-12-39)25-18-45-19-25/h1-7,9,15,25-26,28,42-43H,8,10-14,17-20H2,(H,36,37,38)/t26-,28+/m1/s1. The molecule has 0 aliphatic carbocycles. The number of alkyl halides is 2. The molecular weight excluding hydrogens is 600 g/mol. The molecular formula is C32H35F2N7O5. The summed E-state index contributed by atoms with van der Waals surface area (Å²) in [5.41, 5.74) is 2.53. The van der Waals surface area contributed by atoms with E-state index in [9.17, 15) is 23.9 Å². The Labute approximate surface area is 264 Å². The first-order chi connectivity index (χ1) is 22.2. The zero-order valence-corrected chi connectivity index (χ0v) is 25.1. The van der Waals surface area contributed by atoms with Gasteiger partial charge in [0.05, 0.1) is 38.0 Å². The number of halogens is 2. The Bertz CT molecular complexity index is 1580. The lowest BCUT2D eigenvalue weighted by atomic mass is 10.0. The molecule has 0 radical (unpaired) electrons. The van der Waals surface area contributed by atoms with Gasteiger partial charge in [0.15, 0.2) is 18.0 Å². The molecule has 0 bridgehead atoms. The molecule has 0 spiro atoms. The average molecular weight is 636 g/mol. The highest BCUT2D eigenvalue weighted by atomic mass is 19.3. The summed E-state index contributed by atoms with van der Waals surface area (Å²) in [4.78, 5) is 26.6. The molecule has 6 rings (SSSR count). The van der Waals surface area contributed by atoms with Gasteiger partial charge in [-0.2, -0.15) is 5.26 Å². The molecule has 1 aromatic heterocycles. The fraction of sp³-hybridized carbons (Fsp3) is 0.438. The number of ether oxygens (including phenoxy) is 2. The maximum atomic E-state index is 14.9. The number of hydrogen-bond donors (Lipinski definition) is 3. The minimum atomic E-state index is -3.45. The van der Waals surface area contributed by atoms with E-state index in [0.29, 0.717) is 23.2 Å². The van der Waals surface area contributed by atoms with Crippen LogP contribution in [0.1, 0.15) is 12.0 Å². The van der Waals surface area contributed by atoms with Crippen molar-refractivity contribution >= 4 is 23.1 Å². The van der Waals surface area contributed by atoms with Gasteiger partial charge in [-0.15, -0.1) is 0 Å². The Hall–Kier alpha value is -4.42. The van der Waals surface area contributed by atoms with Crippen LogP contribution in [0.4, 0.5) is 26.0 Å². The molecule has 14 heteroatoms. The number of aromatic nitrogens is 2. The highest BCUT2D eigenvalue weighted by Gasteiger charge is 2.48. The number of nitriles is 1. The first kappa shape index (κ1) is 31.6. The van der Waals surface area contributed by atoms with Gasteiger partial charge in [-0.05, 0) is 48.5 Å². The van der Waals surface area contributed by atoms with Gasteiger partial charge < -0.3 is 34.8 Å². The second kappa shape index (κ2) is 13.5. The van der Waals surface area contributed by atoms with Gasteiger partial charge in [-0.25, -0.2) is 18.7 Å². The number of rotatable bonds is 9. The third kappa shape index (κ3) is 6.87. The van der Waals surface area contributed by atoms with Crippen molar-refractivity contribution in [3.8, 4) is 23.2 Å². The Morgan fingerprint density at radius 2 is 1.89 bits per heavy atom. The van der Waals surface area contributed by atoms with Crippen LogP contribution in [-0.4, -0.2) is 119 Å². The van der Waals surface area contributed by atoms with Crippen molar-refractivity contribution in [2.24, 2.45) is 0 Å². The van der Waals surface area contributed by atoms with E-state index in [-0.39, 0.29) is 24.3 Å². The summed E-state index contributed by atoms with van der Waals surface area (Å²) in [6.07, 6.45) is -1.99. The molecule has 3 aliphatic heterocycles. The number of benzene rings is 2. The van der Waals surface area contributed by atoms with Gasteiger partial charge in [0, 0.05) is 62.3 Å². The number of piperazine rings is 1. The number of nitrogens with zero attached hydrogens (tertiary/aromatic N) is 6. The van der Waals surface area contributed by atoms with Crippen LogP contribution in [0, 0.1) is 11.3 Å². The minimum Gasteiger partial charge on any atom is -0.483 e. The Morgan fingerprint density at radius 3 is 2.54 bits per heavy atom. The number of carbonyl (C=O) groups is 1. The van der Waals surface area contributed by atoms with E-state index in [1.807, 2.05) is 18.2 Å². The van der Waals surface area contributed by atoms with Crippen molar-refractivity contribution in [1.29, 1.82) is 5.26 Å². The molecule has 242 valence electrons. The molecule has 46 heavy (non-hydrogen) atoms. The summed E-state index contributed by atoms with van der Waals surface area (Å²) in [5.74, 6) is -3.57. The van der Waals surface area contributed by atoms with Crippen molar-refractivity contribution < 1.29 is 33.3 Å². The molecule has 0 saturated carbocycles. The monoisotopic (exact) mass is 635 g/mol. The van der Waals surface area contributed by atoms with Crippen LogP contribution in [0.25, 0.3) is 11.4 Å². The van der Waals surface area contributed by atoms with E-state index in [1.165, 1.54) is 12.1 Å². The lowest BCUT2D eigenvalue weighted by Gasteiger charge is -2.43. The van der Waals surface area contributed by atoms with Crippen LogP contribution in [0.3, 0.4) is 0 Å². The van der Waals surface area contributed by atoms with Crippen LogP contribution in [0.5, 0.6) is 5.75 Å². The SMILES string of the molecule is N#Cc1cc(-c2nccc(Nc3ccc(N4CCN(C5COC5)CC4)cc3)n2)ccc1O[C@H]1CCN(C(=O)[C@H](O)CO)CC1(F)F. The number of anilines is 3. The number of nitrogens with one attached hydrogen (secondary N) is 1. The molecule has 0 unspecified atom stereocenters. The zero-order valence-electron chi connectivity index (χ0n) is 25.1. The lowest BCUT2D eigenvalue weighted by molar-refractivity contribution is -0.167. The predicted molar refractivity (Wildman–Crippen MR) is 164 cm³/mol. The zero-order chi connectivity index (χ0) is 32.3. The van der Waals surface area contributed by atoms with Crippen molar-refractivity contribution in [2.45, 2.75) is 30.6 Å². The summed E-state index contributed by atoms with van der Waals surface area (Å²) in [6, 6.07) is 16.9. The molecule has 3 aliphatic rings. The van der Waals surface area contributed by atoms with Crippen LogP contribution in [0.2, 0.25) is 0 Å². The number of carbonyl (C=O) groups excluding carboxylic acids is 1. The van der Waals surface area contributed by atoms with E-state index < -0.39 is 37.2 Å². The summed E-state index contributed by atoms with van der Waals surface area (Å²) in [5, 5.41) is 31.6. The second-order valence-electron chi connectivity index (χ2n) is 11.6. The fourth-order valence-electron chi connectivity index (χ4n) is 5.80. The Morgan fingerprint density at radius 1 is 1.13 bits per heavy atom. The molecule has 3 saturated heterocycles. The molecule has 1 amide bonds. The van der Waals surface area contributed by atoms with Gasteiger partial charge in [0.25, 0.3) is 5.91 Å². The van der Waals surface area contributed by atoms with E-state index in [4.69, 9.17) is 14.6 Å². The summed E-state index contributed by atoms with van der Waals surface area (Å²) >= 11 is 0. The number of aliphatic hydroxyl groups is 2. The van der Waals surface area contributed by atoms with Crippen molar-refractivity contribution in [1.82, 2.24) is 19.8 Å². The number of aliphatic hydroxyl groups excluding tert-OH is 2. The molecule has 3 fully saturated rings. The molecule has 2 atom stereocenters. The van der Waals surface area contributed by atoms with Crippen molar-refractivity contribution in [3.63, 3.8) is 0 Å². The van der Waals surface area contributed by atoms with Crippen LogP contribution in [0.15, 0.2) is 54.7 Å². The van der Waals surface area contributed by atoms with Crippen LogP contribution < -0.4 is 15.0 Å². The van der Waals surface area contributed by atoms with Crippen LogP contribution >= 0.6 is 0 Å². The molecule has 3 N–H and O–H groups in total. The molecule has 2 aromatic carbocycles. The van der Waals surface area contributed by atoms with E-state index in [1.54, 1.807) is 18.3 Å². The van der Waals surface area contributed by atoms with E-state index in [0.717, 1.165) is 55.7 Å². The second-order valence-corrected chi connectivity index (χ2v) is 11.6. The topological polar surface area (TPSA) is 147 Å². The maximum absolute atomic E-state index is 14.9. The molecule has 12 nitrogen and oxygen atoms in total. The minimum absolute atomic E-state index is 0.0288. The average Bonchev–Trinajstić information content (AvgIpc) is 3.05. The fourth-order valence-corrected chi connectivity index (χ4v) is 5.80. The Balaban J connectivity index is 1.08. The number of hydrogen-bond acceptors (Lipinski definition) is 11. The van der Waals surface area contributed by atoms with Crippen LogP contribution in [-0.2, 0) is 9.53 Å². The van der Waals surface area contributed by atoms with Gasteiger partial charge in [0.1, 0.15) is 17.6 Å². The molecule has 3 aromatic rings. The summed E-state index contributed by atoms with van der Waals surface area (Å²) in [6.45, 7) is 3.70. The number of piperidine rings is 1. The Kier molecular flexibility index (Phi) is 9.27. The summed E-state index contributed by atoms with van der Waals surface area (Å²) < 4.78 is 40.8. The van der Waals surface area contributed by atoms with E-state index >= 15 is 0 Å². The first-order valence-electron chi connectivity index (χ1n) is 15.2. The van der Waals surface area contributed by atoms with Crippen molar-refractivity contribution in [2.75, 3.05) is 69.3 Å². The molecule has 4 heterocycles. The van der Waals surface area contributed by atoms with Gasteiger partial charge in [0.2, 0.25) is 0 Å². The quantitative estimate of drug-likeness (QED) is 0.318. The largest absolute Gasteiger partial charge is 0.483 e. The van der Waals surface area contributed by atoms with Crippen molar-refractivity contribution in [3.05, 3.63) is 60.3 Å². The number of likely N-dealkylation sites (tertiary alicyclic amines) is 1. The van der Waals surface area contributed by atoms with E-state index in [2.05, 4.69) is 37.2 Å². The van der Waals surface area contributed by atoms with Gasteiger partial charge >= 0.3 is 5.92 Å². The van der Waals surface area contributed by atoms with Gasteiger partial charge in [-0.3, -0.25) is 9.69 Å². The predicted octanol–water partition coefficient (Wildman–Crippen LogP) is 2.25. The summed E-state index contributed by atoms with van der Waals surface area (Å²) in [7, 11) is 0. The number of amides is 1. The normalized spacial score (nSPS) is 20.8. The highest BCUT2D eigenvalue weighted by molar-refractivity contribution is 5.81. The first-order valence-corrected chi connectivity index (χ1v) is 15.2.